The number of phenols is 1. The lowest BCUT2D eigenvalue weighted by atomic mass is 10.1. The van der Waals surface area contributed by atoms with Gasteiger partial charge in [0.05, 0.1) is 11.4 Å². The van der Waals surface area contributed by atoms with Gasteiger partial charge >= 0.3 is 0 Å². The molecule has 0 saturated carbocycles. The molecule has 4 rings (SSSR count). The molecule has 28 heavy (non-hydrogen) atoms. The predicted octanol–water partition coefficient (Wildman–Crippen LogP) is 2.90. The number of hydrogen-bond donors (Lipinski definition) is 1. The number of hydrogen-bond acceptors (Lipinski definition) is 6. The minimum Gasteiger partial charge on any atom is -0.545 e. The van der Waals surface area contributed by atoms with Crippen molar-refractivity contribution in [2.24, 2.45) is 0 Å². The molecule has 0 saturated heterocycles. The molecular weight excluding hydrogens is 360 g/mol. The van der Waals surface area contributed by atoms with Crippen LogP contribution in [0.2, 0.25) is 0 Å². The summed E-state index contributed by atoms with van der Waals surface area (Å²) in [6, 6.07) is 14.3. The summed E-state index contributed by atoms with van der Waals surface area (Å²) in [6.45, 7) is 1.99. The number of rotatable bonds is 4. The number of carbonyl (C=O) groups excluding carboxylic acids is 1. The van der Waals surface area contributed by atoms with Gasteiger partial charge in [-0.05, 0) is 29.7 Å². The summed E-state index contributed by atoms with van der Waals surface area (Å²) in [5.41, 5.74) is 2.03. The average Bonchev–Trinajstić information content (AvgIpc) is 2.67. The molecule has 0 spiro atoms. The lowest BCUT2D eigenvalue weighted by molar-refractivity contribution is -0.255. The van der Waals surface area contributed by atoms with Gasteiger partial charge in [0.15, 0.2) is 0 Å². The number of para-hydroxylation sites is 1. The first-order chi connectivity index (χ1) is 13.4. The molecular formula is C22H15O6-. The van der Waals surface area contributed by atoms with E-state index in [0.29, 0.717) is 16.7 Å². The number of carboxylic acid groups (broad SMARTS) is 1. The second kappa shape index (κ2) is 6.74. The monoisotopic (exact) mass is 375 g/mol. The maximum Gasteiger partial charge on any atom is 0.204 e. The second-order valence-corrected chi connectivity index (χ2v) is 6.47. The molecule has 0 aliphatic rings. The molecule has 0 unspecified atom stereocenters. The Morgan fingerprint density at radius 2 is 1.89 bits per heavy atom. The Labute approximate surface area is 159 Å². The smallest absolute Gasteiger partial charge is 0.204 e. The molecule has 3 aromatic carbocycles. The van der Waals surface area contributed by atoms with Crippen molar-refractivity contribution in [2.75, 3.05) is 0 Å². The summed E-state index contributed by atoms with van der Waals surface area (Å²) in [5.74, 6) is -1.15. The van der Waals surface area contributed by atoms with E-state index < -0.39 is 5.97 Å². The largest absolute Gasteiger partial charge is 0.545 e. The number of ether oxygens (including phenoxy) is 1. The van der Waals surface area contributed by atoms with Crippen LogP contribution in [-0.4, -0.2) is 11.1 Å². The van der Waals surface area contributed by atoms with Crippen LogP contribution in [0.4, 0.5) is 0 Å². The van der Waals surface area contributed by atoms with Crippen LogP contribution in [0.5, 0.6) is 11.5 Å². The third kappa shape index (κ3) is 3.05. The Kier molecular flexibility index (Phi) is 4.24. The topological polar surface area (TPSA) is 99.8 Å². The lowest BCUT2D eigenvalue weighted by Gasteiger charge is -2.10. The number of carboxylic acids is 1. The molecule has 0 bridgehead atoms. The van der Waals surface area contributed by atoms with E-state index >= 15 is 0 Å². The SMILES string of the molecule is Cc1cccc2c(=O)c3c(O)cc(OCc4ccc(C(=O)[O-])cc4)cc3oc12. The summed E-state index contributed by atoms with van der Waals surface area (Å²) in [5, 5.41) is 21.6. The van der Waals surface area contributed by atoms with Crippen molar-refractivity contribution in [1.29, 1.82) is 0 Å². The standard InChI is InChI=1S/C22H16O6/c1-12-3-2-4-16-20(24)19-17(23)9-15(10-18(19)28-21(12)16)27-11-13-5-7-14(8-6-13)22(25)26/h2-10,23H,11H2,1H3,(H,25,26)/p-1. The van der Waals surface area contributed by atoms with Gasteiger partial charge in [-0.1, -0.05) is 36.4 Å². The first-order valence-corrected chi connectivity index (χ1v) is 8.56. The van der Waals surface area contributed by atoms with Gasteiger partial charge in [0.2, 0.25) is 5.43 Å². The minimum atomic E-state index is -1.25. The van der Waals surface area contributed by atoms with Gasteiger partial charge in [0.1, 0.15) is 34.7 Å². The van der Waals surface area contributed by atoms with Crippen molar-refractivity contribution in [3.05, 3.63) is 81.5 Å². The van der Waals surface area contributed by atoms with Crippen molar-refractivity contribution in [2.45, 2.75) is 13.5 Å². The number of fused-ring (bicyclic) bond motifs is 2. The zero-order valence-electron chi connectivity index (χ0n) is 14.9. The molecule has 0 aliphatic heterocycles. The number of benzene rings is 3. The van der Waals surface area contributed by atoms with E-state index in [-0.39, 0.29) is 34.3 Å². The zero-order valence-corrected chi connectivity index (χ0v) is 14.9. The van der Waals surface area contributed by atoms with Gasteiger partial charge in [-0.3, -0.25) is 4.79 Å². The normalized spacial score (nSPS) is 11.0. The van der Waals surface area contributed by atoms with E-state index in [2.05, 4.69) is 0 Å². The first kappa shape index (κ1) is 17.6. The molecule has 4 aromatic rings. The number of aromatic hydroxyl groups is 1. The van der Waals surface area contributed by atoms with E-state index in [1.807, 2.05) is 13.0 Å². The van der Waals surface area contributed by atoms with E-state index in [9.17, 15) is 19.8 Å². The van der Waals surface area contributed by atoms with Crippen LogP contribution in [0.25, 0.3) is 21.9 Å². The van der Waals surface area contributed by atoms with Crippen LogP contribution >= 0.6 is 0 Å². The van der Waals surface area contributed by atoms with Crippen LogP contribution in [-0.2, 0) is 6.61 Å². The fourth-order valence-corrected chi connectivity index (χ4v) is 3.08. The Balaban J connectivity index is 1.70. The third-order valence-electron chi connectivity index (χ3n) is 4.55. The summed E-state index contributed by atoms with van der Waals surface area (Å²) in [7, 11) is 0. The van der Waals surface area contributed by atoms with Crippen molar-refractivity contribution in [3.63, 3.8) is 0 Å². The Bertz CT molecular complexity index is 1270. The number of aromatic carboxylic acids is 1. The fraction of sp³-hybridized carbons (Fsp3) is 0.0909. The maximum atomic E-state index is 12.7. The Morgan fingerprint density at radius 3 is 2.61 bits per heavy atom. The summed E-state index contributed by atoms with van der Waals surface area (Å²) >= 11 is 0. The molecule has 0 aliphatic carbocycles. The highest BCUT2D eigenvalue weighted by molar-refractivity contribution is 5.94. The Hall–Kier alpha value is -3.80. The molecule has 1 heterocycles. The van der Waals surface area contributed by atoms with Gasteiger partial charge in [0.25, 0.3) is 0 Å². The number of carbonyl (C=O) groups is 1. The van der Waals surface area contributed by atoms with Crippen molar-refractivity contribution in [3.8, 4) is 11.5 Å². The first-order valence-electron chi connectivity index (χ1n) is 8.56. The quantitative estimate of drug-likeness (QED) is 0.551. The molecule has 140 valence electrons. The van der Waals surface area contributed by atoms with Crippen LogP contribution in [0.15, 0.2) is 63.8 Å². The molecule has 0 atom stereocenters. The highest BCUT2D eigenvalue weighted by Crippen LogP contribution is 2.31. The molecule has 1 N–H and O–H groups in total. The molecule has 0 radical (unpaired) electrons. The van der Waals surface area contributed by atoms with E-state index in [4.69, 9.17) is 9.15 Å². The third-order valence-corrected chi connectivity index (χ3v) is 4.55. The number of phenolic OH excluding ortho intramolecular Hbond substituents is 1. The van der Waals surface area contributed by atoms with Crippen LogP contribution in [0, 0.1) is 6.92 Å². The molecule has 6 nitrogen and oxygen atoms in total. The highest BCUT2D eigenvalue weighted by Gasteiger charge is 2.14. The van der Waals surface area contributed by atoms with E-state index in [1.165, 1.54) is 18.2 Å². The number of aryl methyl sites for hydroxylation is 1. The van der Waals surface area contributed by atoms with E-state index in [0.717, 1.165) is 11.1 Å². The van der Waals surface area contributed by atoms with Gasteiger partial charge in [-0.15, -0.1) is 0 Å². The van der Waals surface area contributed by atoms with Crippen molar-refractivity contribution in [1.82, 2.24) is 0 Å². The highest BCUT2D eigenvalue weighted by atomic mass is 16.5. The van der Waals surface area contributed by atoms with Crippen LogP contribution in [0.1, 0.15) is 21.5 Å². The Morgan fingerprint density at radius 1 is 1.14 bits per heavy atom. The van der Waals surface area contributed by atoms with Gasteiger partial charge in [0, 0.05) is 12.1 Å². The lowest BCUT2D eigenvalue weighted by Crippen LogP contribution is -2.22. The van der Waals surface area contributed by atoms with Gasteiger partial charge in [-0.2, -0.15) is 0 Å². The summed E-state index contributed by atoms with van der Waals surface area (Å²) in [6.07, 6.45) is 0. The molecule has 1 aromatic heterocycles. The summed E-state index contributed by atoms with van der Waals surface area (Å²) in [4.78, 5) is 23.5. The zero-order chi connectivity index (χ0) is 19.8. The predicted molar refractivity (Wildman–Crippen MR) is 101 cm³/mol. The molecule has 6 heteroatoms. The second-order valence-electron chi connectivity index (χ2n) is 6.47. The van der Waals surface area contributed by atoms with Crippen LogP contribution in [0.3, 0.4) is 0 Å². The van der Waals surface area contributed by atoms with Gasteiger partial charge < -0.3 is 24.2 Å². The molecule has 0 fully saturated rings. The van der Waals surface area contributed by atoms with Gasteiger partial charge in [-0.25, -0.2) is 0 Å². The van der Waals surface area contributed by atoms with Crippen molar-refractivity contribution < 1.29 is 24.2 Å². The summed E-state index contributed by atoms with van der Waals surface area (Å²) < 4.78 is 11.5. The minimum absolute atomic E-state index is 0.0797. The van der Waals surface area contributed by atoms with Crippen LogP contribution < -0.4 is 15.3 Å². The fourth-order valence-electron chi connectivity index (χ4n) is 3.08. The molecule has 0 amide bonds. The maximum absolute atomic E-state index is 12.7. The average molecular weight is 375 g/mol. The van der Waals surface area contributed by atoms with E-state index in [1.54, 1.807) is 30.3 Å². The van der Waals surface area contributed by atoms with Crippen molar-refractivity contribution >= 4 is 27.9 Å².